The lowest BCUT2D eigenvalue weighted by molar-refractivity contribution is -0.116. The third kappa shape index (κ3) is 5.24. The molecule has 0 aliphatic heterocycles. The first-order valence-electron chi connectivity index (χ1n) is 8.74. The Kier molecular flexibility index (Phi) is 6.42. The number of anilines is 2. The molecule has 0 saturated heterocycles. The summed E-state index contributed by atoms with van der Waals surface area (Å²) in [4.78, 5) is 23.0. The van der Waals surface area contributed by atoms with Crippen LogP contribution in [0.15, 0.2) is 34.3 Å². The maximum Gasteiger partial charge on any atom is 0.238 e. The molecule has 2 aromatic heterocycles. The van der Waals surface area contributed by atoms with Gasteiger partial charge in [0, 0.05) is 22.7 Å². The zero-order valence-electron chi connectivity index (χ0n) is 15.9. The fourth-order valence-electron chi connectivity index (χ4n) is 2.67. The van der Waals surface area contributed by atoms with E-state index in [1.807, 2.05) is 13.8 Å². The molecule has 1 aromatic carbocycles. The van der Waals surface area contributed by atoms with E-state index in [9.17, 15) is 13.2 Å². The molecule has 0 atom stereocenters. The minimum absolute atomic E-state index is 0.000677. The molecule has 0 radical (unpaired) electrons. The van der Waals surface area contributed by atoms with Gasteiger partial charge in [-0.1, -0.05) is 11.8 Å². The zero-order chi connectivity index (χ0) is 21.2. The molecule has 0 bridgehead atoms. The van der Waals surface area contributed by atoms with E-state index in [0.29, 0.717) is 35.3 Å². The normalized spacial score (nSPS) is 11.7. The molecular weight excluding hydrogens is 430 g/mol. The smallest absolute Gasteiger partial charge is 0.238 e. The molecule has 2 heterocycles. The van der Waals surface area contributed by atoms with Crippen molar-refractivity contribution in [3.8, 4) is 0 Å². The van der Waals surface area contributed by atoms with Gasteiger partial charge in [-0.15, -0.1) is 11.3 Å². The number of thioether (sulfide) groups is 1. The van der Waals surface area contributed by atoms with E-state index in [-0.39, 0.29) is 10.8 Å². The number of thiophene rings is 1. The Balaban J connectivity index is 1.50. The quantitative estimate of drug-likeness (QED) is 0.285. The Morgan fingerprint density at radius 2 is 1.90 bits per heavy atom. The highest BCUT2D eigenvalue weighted by Crippen LogP contribution is 2.33. The molecule has 0 spiro atoms. The maximum atomic E-state index is 12.1. The first kappa shape index (κ1) is 21.5. The largest absolute Gasteiger partial charge is 0.383 e. The summed E-state index contributed by atoms with van der Waals surface area (Å²) in [7, 11) is -3.75. The van der Waals surface area contributed by atoms with E-state index in [4.69, 9.17) is 10.9 Å². The lowest BCUT2D eigenvalue weighted by Crippen LogP contribution is -2.13. The van der Waals surface area contributed by atoms with Crippen LogP contribution in [0.2, 0.25) is 0 Å². The van der Waals surface area contributed by atoms with Gasteiger partial charge in [-0.2, -0.15) is 0 Å². The van der Waals surface area contributed by atoms with E-state index in [2.05, 4.69) is 15.3 Å². The minimum Gasteiger partial charge on any atom is -0.383 e. The van der Waals surface area contributed by atoms with Crippen LogP contribution >= 0.6 is 23.1 Å². The summed E-state index contributed by atoms with van der Waals surface area (Å²) in [6.07, 6.45) is 0.953. The first-order chi connectivity index (χ1) is 13.6. The second-order valence-electron chi connectivity index (χ2n) is 6.42. The summed E-state index contributed by atoms with van der Waals surface area (Å²) in [5.74, 6) is 1.00. The number of hydrogen-bond acceptors (Lipinski definition) is 8. The molecule has 0 saturated carbocycles. The molecule has 5 N–H and O–H groups in total. The van der Waals surface area contributed by atoms with Gasteiger partial charge in [-0.05, 0) is 50.1 Å². The van der Waals surface area contributed by atoms with E-state index < -0.39 is 10.0 Å². The van der Waals surface area contributed by atoms with Crippen molar-refractivity contribution >= 4 is 60.8 Å². The summed E-state index contributed by atoms with van der Waals surface area (Å²) in [5.41, 5.74) is 7.71. The Hall–Kier alpha value is -2.21. The van der Waals surface area contributed by atoms with Crippen molar-refractivity contribution in [1.82, 2.24) is 9.97 Å². The molecular formula is C18H21N5O3S3. The highest BCUT2D eigenvalue weighted by atomic mass is 32.2. The number of carbonyl (C=O) groups excluding carboxylic acids is 1. The molecule has 29 heavy (non-hydrogen) atoms. The number of aryl methyl sites for hydroxylation is 2. The van der Waals surface area contributed by atoms with Crippen molar-refractivity contribution in [2.24, 2.45) is 5.14 Å². The van der Waals surface area contributed by atoms with Crippen molar-refractivity contribution in [2.45, 2.75) is 36.7 Å². The minimum atomic E-state index is -3.75. The van der Waals surface area contributed by atoms with Gasteiger partial charge in [-0.25, -0.2) is 23.5 Å². The van der Waals surface area contributed by atoms with Crippen LogP contribution < -0.4 is 16.2 Å². The van der Waals surface area contributed by atoms with Crippen LogP contribution in [0, 0.1) is 13.8 Å². The summed E-state index contributed by atoms with van der Waals surface area (Å²) in [6.45, 7) is 4.05. The summed E-state index contributed by atoms with van der Waals surface area (Å²) in [6, 6.07) is 5.71. The van der Waals surface area contributed by atoms with Crippen molar-refractivity contribution in [3.63, 3.8) is 0 Å². The predicted molar refractivity (Wildman–Crippen MR) is 118 cm³/mol. The van der Waals surface area contributed by atoms with E-state index in [1.165, 1.54) is 40.9 Å². The number of nitrogens with zero attached hydrogens (tertiary/aromatic N) is 2. The van der Waals surface area contributed by atoms with Crippen LogP contribution in [0.3, 0.4) is 0 Å². The Morgan fingerprint density at radius 1 is 1.21 bits per heavy atom. The number of nitrogens with two attached hydrogens (primary N) is 2. The SMILES string of the molecule is Cc1sc2nc(SCCCC(=O)Nc3ccc(S(N)(=O)=O)cc3)nc(N)c2c1C. The molecule has 11 heteroatoms. The Bertz CT molecular complexity index is 1160. The van der Waals surface area contributed by atoms with Gasteiger partial charge < -0.3 is 11.1 Å². The topological polar surface area (TPSA) is 141 Å². The average Bonchev–Trinajstić information content (AvgIpc) is 2.93. The number of hydrogen-bond donors (Lipinski definition) is 3. The standard InChI is InChI=1S/C18H21N5O3S3/c1-10-11(2)28-17-15(10)16(19)22-18(23-17)27-9-3-4-14(24)21-12-5-7-13(8-6-12)29(20,25)26/h5-8H,3-4,9H2,1-2H3,(H,21,24)(H2,19,22,23)(H2,20,25,26). The van der Waals surface area contributed by atoms with Crippen molar-refractivity contribution in [1.29, 1.82) is 0 Å². The molecule has 8 nitrogen and oxygen atoms in total. The number of benzene rings is 1. The van der Waals surface area contributed by atoms with Crippen LogP contribution in [-0.2, 0) is 14.8 Å². The summed E-state index contributed by atoms with van der Waals surface area (Å²) in [5, 5.41) is 9.31. The highest BCUT2D eigenvalue weighted by molar-refractivity contribution is 7.99. The number of sulfonamides is 1. The molecule has 3 rings (SSSR count). The molecule has 0 aliphatic carbocycles. The Morgan fingerprint density at radius 3 is 2.55 bits per heavy atom. The Labute approximate surface area is 177 Å². The lowest BCUT2D eigenvalue weighted by atomic mass is 10.2. The third-order valence-corrected chi connectivity index (χ3v) is 7.25. The van der Waals surface area contributed by atoms with E-state index in [1.54, 1.807) is 11.3 Å². The zero-order valence-corrected chi connectivity index (χ0v) is 18.4. The van der Waals surface area contributed by atoms with E-state index in [0.717, 1.165) is 15.8 Å². The van der Waals surface area contributed by atoms with Crippen molar-refractivity contribution in [2.75, 3.05) is 16.8 Å². The maximum absolute atomic E-state index is 12.1. The average molecular weight is 452 g/mol. The number of fused-ring (bicyclic) bond motifs is 1. The second kappa shape index (κ2) is 8.66. The van der Waals surface area contributed by atoms with Crippen LogP contribution in [0.25, 0.3) is 10.2 Å². The monoisotopic (exact) mass is 451 g/mol. The molecule has 0 fully saturated rings. The van der Waals surface area contributed by atoms with E-state index >= 15 is 0 Å². The third-order valence-electron chi connectivity index (χ3n) is 4.28. The van der Waals surface area contributed by atoms with Gasteiger partial charge in [0.05, 0.1) is 10.3 Å². The van der Waals surface area contributed by atoms with Crippen LogP contribution in [0.4, 0.5) is 11.5 Å². The number of rotatable bonds is 7. The second-order valence-corrected chi connectivity index (χ2v) is 10.3. The van der Waals surface area contributed by atoms with Crippen LogP contribution in [0.5, 0.6) is 0 Å². The molecule has 0 unspecified atom stereocenters. The van der Waals surface area contributed by atoms with Gasteiger partial charge in [0.2, 0.25) is 15.9 Å². The van der Waals surface area contributed by atoms with Gasteiger partial charge in [0.25, 0.3) is 0 Å². The van der Waals surface area contributed by atoms with Crippen LogP contribution in [0.1, 0.15) is 23.3 Å². The number of amides is 1. The van der Waals surface area contributed by atoms with Crippen molar-refractivity contribution < 1.29 is 13.2 Å². The molecule has 3 aromatic rings. The lowest BCUT2D eigenvalue weighted by Gasteiger charge is -2.06. The molecule has 1 amide bonds. The number of carbonyl (C=O) groups is 1. The fourth-order valence-corrected chi connectivity index (χ4v) is 5.07. The fraction of sp³-hybridized carbons (Fsp3) is 0.278. The molecule has 0 aliphatic rings. The number of primary sulfonamides is 1. The molecule has 154 valence electrons. The summed E-state index contributed by atoms with van der Waals surface area (Å²) < 4.78 is 22.5. The highest BCUT2D eigenvalue weighted by Gasteiger charge is 2.13. The number of aromatic nitrogens is 2. The van der Waals surface area contributed by atoms with Crippen LogP contribution in [-0.4, -0.2) is 30.0 Å². The summed E-state index contributed by atoms with van der Waals surface area (Å²) >= 11 is 3.06. The van der Waals surface area contributed by atoms with Gasteiger partial charge in [0.1, 0.15) is 10.6 Å². The number of nitrogen functional groups attached to an aromatic ring is 1. The van der Waals surface area contributed by atoms with Gasteiger partial charge >= 0.3 is 0 Å². The van der Waals surface area contributed by atoms with Gasteiger partial charge in [-0.3, -0.25) is 4.79 Å². The van der Waals surface area contributed by atoms with Gasteiger partial charge in [0.15, 0.2) is 5.16 Å². The predicted octanol–water partition coefficient (Wildman–Crippen LogP) is 3.05. The number of nitrogens with one attached hydrogen (secondary N) is 1. The van der Waals surface area contributed by atoms with Crippen molar-refractivity contribution in [3.05, 3.63) is 34.7 Å². The first-order valence-corrected chi connectivity index (χ1v) is 12.1.